The monoisotopic (exact) mass is 700 g/mol. The van der Waals surface area contributed by atoms with E-state index in [1.807, 2.05) is 60.7 Å². The molecule has 0 radical (unpaired) electrons. The Morgan fingerprint density at radius 1 is 0.273 bits per heavy atom. The number of nitrogens with zero attached hydrogens (tertiary/aromatic N) is 4. The predicted molar refractivity (Wildman–Crippen MR) is 228 cm³/mol. The molecule has 55 heavy (non-hydrogen) atoms. The minimum absolute atomic E-state index is 0.632. The van der Waals surface area contributed by atoms with Gasteiger partial charge in [0.25, 0.3) is 0 Å². The topological polar surface area (TPSA) is 43.6 Å². The fourth-order valence-electron chi connectivity index (χ4n) is 8.31. The number of aromatic nitrogens is 4. The van der Waals surface area contributed by atoms with Crippen molar-refractivity contribution in [1.82, 2.24) is 19.5 Å². The van der Waals surface area contributed by atoms with E-state index in [9.17, 15) is 0 Å². The number of para-hydroxylation sites is 1. The van der Waals surface area contributed by atoms with E-state index in [0.29, 0.717) is 17.5 Å². The fraction of sp³-hybridized carbons (Fsp3) is 0. The van der Waals surface area contributed by atoms with Crippen LogP contribution in [0.4, 0.5) is 0 Å². The van der Waals surface area contributed by atoms with Crippen LogP contribution < -0.4 is 0 Å². The van der Waals surface area contributed by atoms with Gasteiger partial charge in [-0.15, -0.1) is 0 Å². The summed E-state index contributed by atoms with van der Waals surface area (Å²) >= 11 is 0. The van der Waals surface area contributed by atoms with Crippen LogP contribution in [0.5, 0.6) is 0 Å². The van der Waals surface area contributed by atoms with Crippen LogP contribution in [-0.4, -0.2) is 19.5 Å². The molecular weight excluding hydrogens is 669 g/mol. The van der Waals surface area contributed by atoms with Crippen LogP contribution in [0.2, 0.25) is 0 Å². The van der Waals surface area contributed by atoms with E-state index < -0.39 is 0 Å². The molecular formula is C51H32N4. The zero-order chi connectivity index (χ0) is 36.3. The number of fused-ring (bicyclic) bond motifs is 10. The molecule has 2 heterocycles. The molecule has 9 aromatic carbocycles. The van der Waals surface area contributed by atoms with E-state index in [-0.39, 0.29) is 0 Å². The first kappa shape index (κ1) is 31.1. The highest BCUT2D eigenvalue weighted by molar-refractivity contribution is 6.35. The standard InChI is InChI=1S/C51H32N4/c1-4-15-33(16-5-1)36-27-28-42-44(32-36)40-24-11-10-23-39(40)41-29-30-46-48(47(41)42)43-25-12-13-26-45(43)55(46)38-22-14-21-37(31-38)51-53-49(34-17-6-2-7-18-34)52-50(54-51)35-19-8-3-9-20-35/h1-32H. The molecule has 0 saturated carbocycles. The van der Waals surface area contributed by atoms with Gasteiger partial charge in [0.05, 0.1) is 11.0 Å². The van der Waals surface area contributed by atoms with Crippen molar-refractivity contribution in [2.75, 3.05) is 0 Å². The summed E-state index contributed by atoms with van der Waals surface area (Å²) in [5.74, 6) is 1.92. The van der Waals surface area contributed by atoms with Crippen molar-refractivity contribution in [1.29, 1.82) is 0 Å². The Balaban J connectivity index is 1.16. The molecule has 0 aliphatic carbocycles. The molecule has 0 saturated heterocycles. The molecule has 0 fully saturated rings. The first-order chi connectivity index (χ1) is 27.3. The summed E-state index contributed by atoms with van der Waals surface area (Å²) in [7, 11) is 0. The maximum atomic E-state index is 5.05. The van der Waals surface area contributed by atoms with Gasteiger partial charge in [0.15, 0.2) is 17.5 Å². The average molecular weight is 701 g/mol. The second kappa shape index (κ2) is 12.6. The normalized spacial score (nSPS) is 11.6. The van der Waals surface area contributed by atoms with E-state index in [1.54, 1.807) is 0 Å². The highest BCUT2D eigenvalue weighted by atomic mass is 15.0. The smallest absolute Gasteiger partial charge is 0.164 e. The van der Waals surface area contributed by atoms with E-state index in [2.05, 4.69) is 138 Å². The molecule has 256 valence electrons. The van der Waals surface area contributed by atoms with Crippen LogP contribution in [-0.2, 0) is 0 Å². The van der Waals surface area contributed by atoms with Crippen molar-refractivity contribution in [2.45, 2.75) is 0 Å². The van der Waals surface area contributed by atoms with Gasteiger partial charge in [0, 0.05) is 38.5 Å². The summed E-state index contributed by atoms with van der Waals surface area (Å²) in [6.07, 6.45) is 0. The molecule has 0 atom stereocenters. The summed E-state index contributed by atoms with van der Waals surface area (Å²) in [5.41, 5.74) is 8.60. The zero-order valence-electron chi connectivity index (χ0n) is 29.8. The molecule has 0 spiro atoms. The quantitative estimate of drug-likeness (QED) is 0.168. The van der Waals surface area contributed by atoms with Crippen LogP contribution >= 0.6 is 0 Å². The summed E-state index contributed by atoms with van der Waals surface area (Å²) in [5, 5.41) is 10.0. The van der Waals surface area contributed by atoms with Gasteiger partial charge in [-0.05, 0) is 68.4 Å². The summed E-state index contributed by atoms with van der Waals surface area (Å²) in [6, 6.07) is 68.7. The molecule has 11 rings (SSSR count). The Morgan fingerprint density at radius 2 is 0.782 bits per heavy atom. The van der Waals surface area contributed by atoms with Crippen LogP contribution in [0.15, 0.2) is 194 Å². The summed E-state index contributed by atoms with van der Waals surface area (Å²) < 4.78 is 2.39. The van der Waals surface area contributed by atoms with Gasteiger partial charge < -0.3 is 4.57 Å². The number of hydrogen-bond donors (Lipinski definition) is 0. The Bertz CT molecular complexity index is 3180. The lowest BCUT2D eigenvalue weighted by molar-refractivity contribution is 1.07. The molecule has 2 aromatic heterocycles. The Hall–Kier alpha value is -7.43. The SMILES string of the molecule is c1ccc(-c2ccc3c(c2)c2ccccc2c2ccc4c(c5ccccc5n4-c4cccc(-c5nc(-c6ccccc6)nc(-c6ccccc6)n5)c4)c23)cc1. The third kappa shape index (κ3) is 5.11. The van der Waals surface area contributed by atoms with Gasteiger partial charge in [0.1, 0.15) is 0 Å². The Morgan fingerprint density at radius 3 is 1.45 bits per heavy atom. The second-order valence-electron chi connectivity index (χ2n) is 14.0. The summed E-state index contributed by atoms with van der Waals surface area (Å²) in [6.45, 7) is 0. The molecule has 0 aliphatic heterocycles. The molecule has 11 aromatic rings. The fourth-order valence-corrected chi connectivity index (χ4v) is 8.31. The average Bonchev–Trinajstić information content (AvgIpc) is 3.61. The van der Waals surface area contributed by atoms with Crippen molar-refractivity contribution in [3.63, 3.8) is 0 Å². The van der Waals surface area contributed by atoms with Crippen molar-refractivity contribution >= 4 is 54.1 Å². The molecule has 0 amide bonds. The van der Waals surface area contributed by atoms with Crippen LogP contribution in [0.3, 0.4) is 0 Å². The van der Waals surface area contributed by atoms with Gasteiger partial charge in [-0.3, -0.25) is 0 Å². The minimum atomic E-state index is 0.632. The van der Waals surface area contributed by atoms with Gasteiger partial charge in [0.2, 0.25) is 0 Å². The van der Waals surface area contributed by atoms with Crippen molar-refractivity contribution in [3.8, 4) is 51.0 Å². The highest BCUT2D eigenvalue weighted by Crippen LogP contribution is 2.44. The lowest BCUT2D eigenvalue weighted by atomic mass is 9.90. The van der Waals surface area contributed by atoms with Crippen molar-refractivity contribution in [2.24, 2.45) is 0 Å². The Labute approximate surface area is 317 Å². The first-order valence-electron chi connectivity index (χ1n) is 18.6. The maximum absolute atomic E-state index is 5.05. The molecule has 0 bridgehead atoms. The van der Waals surface area contributed by atoms with Crippen LogP contribution in [0.25, 0.3) is 105 Å². The minimum Gasteiger partial charge on any atom is -0.309 e. The molecule has 0 unspecified atom stereocenters. The summed E-state index contributed by atoms with van der Waals surface area (Å²) in [4.78, 5) is 15.0. The number of benzene rings is 9. The van der Waals surface area contributed by atoms with Gasteiger partial charge in [-0.25, -0.2) is 15.0 Å². The Kier molecular flexibility index (Phi) is 7.14. The van der Waals surface area contributed by atoms with E-state index >= 15 is 0 Å². The first-order valence-corrected chi connectivity index (χ1v) is 18.6. The second-order valence-corrected chi connectivity index (χ2v) is 14.0. The zero-order valence-corrected chi connectivity index (χ0v) is 29.8. The maximum Gasteiger partial charge on any atom is 0.164 e. The molecule has 4 heteroatoms. The molecule has 4 nitrogen and oxygen atoms in total. The van der Waals surface area contributed by atoms with Crippen molar-refractivity contribution in [3.05, 3.63) is 194 Å². The largest absolute Gasteiger partial charge is 0.309 e. The van der Waals surface area contributed by atoms with E-state index in [0.717, 1.165) is 33.4 Å². The molecule has 0 aliphatic rings. The molecule has 0 N–H and O–H groups in total. The van der Waals surface area contributed by atoms with Crippen molar-refractivity contribution < 1.29 is 0 Å². The third-order valence-electron chi connectivity index (χ3n) is 10.8. The van der Waals surface area contributed by atoms with Crippen LogP contribution in [0.1, 0.15) is 0 Å². The number of rotatable bonds is 5. The van der Waals surface area contributed by atoms with E-state index in [1.165, 1.54) is 54.2 Å². The predicted octanol–water partition coefficient (Wildman–Crippen LogP) is 13.1. The van der Waals surface area contributed by atoms with Gasteiger partial charge in [-0.2, -0.15) is 0 Å². The van der Waals surface area contributed by atoms with E-state index in [4.69, 9.17) is 15.0 Å². The lowest BCUT2D eigenvalue weighted by Crippen LogP contribution is -2.01. The number of hydrogen-bond acceptors (Lipinski definition) is 3. The van der Waals surface area contributed by atoms with Crippen LogP contribution in [0, 0.1) is 0 Å². The van der Waals surface area contributed by atoms with Gasteiger partial charge in [-0.1, -0.05) is 164 Å². The lowest BCUT2D eigenvalue weighted by Gasteiger charge is -2.14. The van der Waals surface area contributed by atoms with Gasteiger partial charge >= 0.3 is 0 Å². The third-order valence-corrected chi connectivity index (χ3v) is 10.8. The highest BCUT2D eigenvalue weighted by Gasteiger charge is 2.20.